The second-order valence-electron chi connectivity index (χ2n) is 4.92. The SMILES string of the molecule is COc1ccc(OCC(=O)Nc2ccc(OC)c(S(N)(=O)=O)c2)cc1. The predicted octanol–water partition coefficient (Wildman–Crippen LogP) is 1.37. The summed E-state index contributed by atoms with van der Waals surface area (Å²) in [6.07, 6.45) is 0. The van der Waals surface area contributed by atoms with E-state index in [1.165, 1.54) is 25.3 Å². The van der Waals surface area contributed by atoms with Crippen LogP contribution < -0.4 is 24.7 Å². The Morgan fingerprint density at radius 3 is 2.24 bits per heavy atom. The van der Waals surface area contributed by atoms with Crippen LogP contribution in [-0.4, -0.2) is 35.2 Å². The van der Waals surface area contributed by atoms with Crippen LogP contribution in [0, 0.1) is 0 Å². The highest BCUT2D eigenvalue weighted by molar-refractivity contribution is 7.89. The molecule has 0 saturated carbocycles. The highest BCUT2D eigenvalue weighted by Crippen LogP contribution is 2.26. The first kappa shape index (κ1) is 18.6. The minimum atomic E-state index is -3.99. The van der Waals surface area contributed by atoms with Gasteiger partial charge in [0.15, 0.2) is 6.61 Å². The molecular weight excluding hydrogens is 348 g/mol. The van der Waals surface area contributed by atoms with Crippen molar-refractivity contribution in [1.29, 1.82) is 0 Å². The summed E-state index contributed by atoms with van der Waals surface area (Å²) in [4.78, 5) is 11.7. The maximum Gasteiger partial charge on any atom is 0.262 e. The summed E-state index contributed by atoms with van der Waals surface area (Å²) in [5.74, 6) is 0.804. The van der Waals surface area contributed by atoms with Gasteiger partial charge in [-0.2, -0.15) is 0 Å². The van der Waals surface area contributed by atoms with Gasteiger partial charge in [0.05, 0.1) is 14.2 Å². The Bertz CT molecular complexity index is 849. The second-order valence-corrected chi connectivity index (χ2v) is 6.45. The van der Waals surface area contributed by atoms with Gasteiger partial charge in [-0.3, -0.25) is 4.79 Å². The number of rotatable bonds is 7. The average Bonchev–Trinajstić information content (AvgIpc) is 2.59. The molecule has 0 atom stereocenters. The zero-order chi connectivity index (χ0) is 18.4. The molecule has 2 aromatic carbocycles. The quantitative estimate of drug-likeness (QED) is 0.764. The van der Waals surface area contributed by atoms with Crippen molar-refractivity contribution in [2.75, 3.05) is 26.1 Å². The number of anilines is 1. The lowest BCUT2D eigenvalue weighted by molar-refractivity contribution is -0.118. The first-order valence-electron chi connectivity index (χ1n) is 7.11. The van der Waals surface area contributed by atoms with Crippen LogP contribution in [0.2, 0.25) is 0 Å². The third-order valence-electron chi connectivity index (χ3n) is 3.18. The number of carbonyl (C=O) groups is 1. The highest BCUT2D eigenvalue weighted by atomic mass is 32.2. The van der Waals surface area contributed by atoms with Crippen LogP contribution in [0.1, 0.15) is 0 Å². The Morgan fingerprint density at radius 2 is 1.68 bits per heavy atom. The van der Waals surface area contributed by atoms with E-state index in [0.717, 1.165) is 0 Å². The molecule has 8 nitrogen and oxygen atoms in total. The molecule has 0 bridgehead atoms. The molecule has 2 rings (SSSR count). The summed E-state index contributed by atoms with van der Waals surface area (Å²) in [6.45, 7) is -0.247. The maximum atomic E-state index is 12.0. The molecule has 0 radical (unpaired) electrons. The Morgan fingerprint density at radius 1 is 1.04 bits per heavy atom. The number of ether oxygens (including phenoxy) is 3. The van der Waals surface area contributed by atoms with E-state index in [-0.39, 0.29) is 22.9 Å². The summed E-state index contributed by atoms with van der Waals surface area (Å²) in [6, 6.07) is 10.9. The summed E-state index contributed by atoms with van der Waals surface area (Å²) >= 11 is 0. The molecule has 0 spiro atoms. The number of nitrogens with two attached hydrogens (primary N) is 1. The fourth-order valence-electron chi connectivity index (χ4n) is 1.99. The van der Waals surface area contributed by atoms with Crippen LogP contribution in [0.15, 0.2) is 47.4 Å². The number of primary sulfonamides is 1. The molecule has 0 unspecified atom stereocenters. The lowest BCUT2D eigenvalue weighted by atomic mass is 10.3. The van der Waals surface area contributed by atoms with Gasteiger partial charge < -0.3 is 19.5 Å². The zero-order valence-electron chi connectivity index (χ0n) is 13.7. The fourth-order valence-corrected chi connectivity index (χ4v) is 2.72. The molecule has 1 amide bonds. The Kier molecular flexibility index (Phi) is 5.84. The van der Waals surface area contributed by atoms with Gasteiger partial charge >= 0.3 is 0 Å². The van der Waals surface area contributed by atoms with Gasteiger partial charge in [0.1, 0.15) is 22.1 Å². The summed E-state index contributed by atoms with van der Waals surface area (Å²) in [5.41, 5.74) is 0.258. The van der Waals surface area contributed by atoms with E-state index in [4.69, 9.17) is 19.3 Å². The van der Waals surface area contributed by atoms with E-state index in [1.54, 1.807) is 31.4 Å². The average molecular weight is 366 g/mol. The predicted molar refractivity (Wildman–Crippen MR) is 91.5 cm³/mol. The van der Waals surface area contributed by atoms with E-state index in [0.29, 0.717) is 11.5 Å². The Labute approximate surface area is 145 Å². The van der Waals surface area contributed by atoms with E-state index in [9.17, 15) is 13.2 Å². The molecule has 0 fully saturated rings. The number of hydrogen-bond donors (Lipinski definition) is 2. The van der Waals surface area contributed by atoms with Crippen molar-refractivity contribution in [3.05, 3.63) is 42.5 Å². The number of nitrogens with one attached hydrogen (secondary N) is 1. The molecule has 134 valence electrons. The third kappa shape index (κ3) is 5.10. The van der Waals surface area contributed by atoms with Crippen LogP contribution in [0.4, 0.5) is 5.69 Å². The topological polar surface area (TPSA) is 117 Å². The van der Waals surface area contributed by atoms with Crippen LogP contribution >= 0.6 is 0 Å². The molecule has 0 aliphatic rings. The Hall–Kier alpha value is -2.78. The maximum absolute atomic E-state index is 12.0. The molecule has 0 aliphatic heterocycles. The van der Waals surface area contributed by atoms with Crippen molar-refractivity contribution >= 4 is 21.6 Å². The monoisotopic (exact) mass is 366 g/mol. The van der Waals surface area contributed by atoms with E-state index < -0.39 is 15.9 Å². The highest BCUT2D eigenvalue weighted by Gasteiger charge is 2.16. The number of carbonyl (C=O) groups excluding carboxylic acids is 1. The van der Waals surface area contributed by atoms with E-state index >= 15 is 0 Å². The first-order valence-corrected chi connectivity index (χ1v) is 8.65. The molecule has 9 heteroatoms. The zero-order valence-corrected chi connectivity index (χ0v) is 14.5. The Balaban J connectivity index is 2.02. The van der Waals surface area contributed by atoms with E-state index in [2.05, 4.69) is 5.32 Å². The second kappa shape index (κ2) is 7.86. The smallest absolute Gasteiger partial charge is 0.262 e. The number of hydrogen-bond acceptors (Lipinski definition) is 6. The van der Waals surface area contributed by atoms with Crippen molar-refractivity contribution in [1.82, 2.24) is 0 Å². The molecule has 0 heterocycles. The van der Waals surface area contributed by atoms with E-state index in [1.807, 2.05) is 0 Å². The van der Waals surface area contributed by atoms with Gasteiger partial charge in [-0.15, -0.1) is 0 Å². The molecular formula is C16H18N2O6S. The lowest BCUT2D eigenvalue weighted by Crippen LogP contribution is -2.21. The largest absolute Gasteiger partial charge is 0.497 e. The standard InChI is InChI=1S/C16H18N2O6S/c1-22-12-4-6-13(7-5-12)24-10-16(19)18-11-3-8-14(23-2)15(9-11)25(17,20)21/h3-9H,10H2,1-2H3,(H,18,19)(H2,17,20,21). The molecule has 3 N–H and O–H groups in total. The van der Waals surface area contributed by atoms with Gasteiger partial charge in [0.25, 0.3) is 5.91 Å². The minimum Gasteiger partial charge on any atom is -0.497 e. The molecule has 0 aromatic heterocycles. The summed E-state index contributed by atoms with van der Waals surface area (Å²) in [7, 11) is -1.11. The van der Waals surface area contributed by atoms with Gasteiger partial charge in [-0.1, -0.05) is 0 Å². The first-order chi connectivity index (χ1) is 11.8. The molecule has 0 saturated heterocycles. The van der Waals surface area contributed by atoms with Gasteiger partial charge in [-0.25, -0.2) is 13.6 Å². The third-order valence-corrected chi connectivity index (χ3v) is 4.12. The van der Waals surface area contributed by atoms with Crippen LogP contribution in [-0.2, 0) is 14.8 Å². The molecule has 25 heavy (non-hydrogen) atoms. The molecule has 2 aromatic rings. The van der Waals surface area contributed by atoms with Gasteiger partial charge in [0, 0.05) is 5.69 Å². The summed E-state index contributed by atoms with van der Waals surface area (Å²) < 4.78 is 38.5. The van der Waals surface area contributed by atoms with Crippen molar-refractivity contribution in [3.63, 3.8) is 0 Å². The normalized spacial score (nSPS) is 10.8. The number of methoxy groups -OCH3 is 2. The number of amides is 1. The fraction of sp³-hybridized carbons (Fsp3) is 0.188. The number of sulfonamides is 1. The van der Waals surface area contributed by atoms with Crippen LogP contribution in [0.25, 0.3) is 0 Å². The van der Waals surface area contributed by atoms with Crippen molar-refractivity contribution < 1.29 is 27.4 Å². The summed E-state index contributed by atoms with van der Waals surface area (Å²) in [5, 5.41) is 7.67. The minimum absolute atomic E-state index is 0.0926. The van der Waals surface area contributed by atoms with Crippen molar-refractivity contribution in [3.8, 4) is 17.2 Å². The van der Waals surface area contributed by atoms with Gasteiger partial charge in [-0.05, 0) is 42.5 Å². The van der Waals surface area contributed by atoms with Crippen LogP contribution in [0.3, 0.4) is 0 Å². The number of benzene rings is 2. The molecule has 0 aliphatic carbocycles. The van der Waals surface area contributed by atoms with Crippen LogP contribution in [0.5, 0.6) is 17.2 Å². The van der Waals surface area contributed by atoms with Crippen molar-refractivity contribution in [2.45, 2.75) is 4.90 Å². The lowest BCUT2D eigenvalue weighted by Gasteiger charge is -2.11. The van der Waals surface area contributed by atoms with Crippen molar-refractivity contribution in [2.24, 2.45) is 5.14 Å². The van der Waals surface area contributed by atoms with Gasteiger partial charge in [0.2, 0.25) is 10.0 Å².